The monoisotopic (exact) mass is 263 g/mol. The molecule has 108 valence electrons. The molecule has 1 N–H and O–H groups in total. The van der Waals surface area contributed by atoms with E-state index in [-0.39, 0.29) is 5.41 Å². The molecule has 0 radical (unpaired) electrons. The van der Waals surface area contributed by atoms with Crippen LogP contribution in [0.5, 0.6) is 0 Å². The molecule has 3 aliphatic carbocycles. The minimum atomic E-state index is 0.289. The van der Waals surface area contributed by atoms with Crippen LogP contribution in [-0.2, 0) is 4.79 Å². The van der Waals surface area contributed by atoms with E-state index in [1.54, 1.807) is 0 Å². The van der Waals surface area contributed by atoms with Gasteiger partial charge in [0.25, 0.3) is 0 Å². The number of nitrogens with one attached hydrogen (secondary N) is 1. The third kappa shape index (κ3) is 2.11. The maximum absolute atomic E-state index is 12.5. The number of carbonyl (C=O) groups is 1. The van der Waals surface area contributed by atoms with Gasteiger partial charge in [0.15, 0.2) is 0 Å². The van der Waals surface area contributed by atoms with Gasteiger partial charge in [0.2, 0.25) is 5.91 Å². The molecular formula is C17H29NO. The van der Waals surface area contributed by atoms with Gasteiger partial charge in [0, 0.05) is 12.0 Å². The van der Waals surface area contributed by atoms with Crippen molar-refractivity contribution < 1.29 is 4.79 Å². The number of amides is 1. The fraction of sp³-hybridized carbons (Fsp3) is 0.941. The zero-order valence-corrected chi connectivity index (χ0v) is 12.8. The summed E-state index contributed by atoms with van der Waals surface area (Å²) in [6.07, 6.45) is 10.0. The van der Waals surface area contributed by atoms with Gasteiger partial charge in [0.1, 0.15) is 0 Å². The summed E-state index contributed by atoms with van der Waals surface area (Å²) in [5, 5.41) is 3.47. The number of hydrogen-bond donors (Lipinski definition) is 1. The maximum atomic E-state index is 12.5. The molecule has 0 heterocycles. The third-order valence-corrected chi connectivity index (χ3v) is 6.53. The van der Waals surface area contributed by atoms with Crippen molar-refractivity contribution in [1.82, 2.24) is 5.32 Å². The van der Waals surface area contributed by atoms with Crippen LogP contribution in [0.25, 0.3) is 0 Å². The molecule has 2 bridgehead atoms. The fourth-order valence-electron chi connectivity index (χ4n) is 5.29. The van der Waals surface area contributed by atoms with Crippen molar-refractivity contribution in [3.63, 3.8) is 0 Å². The third-order valence-electron chi connectivity index (χ3n) is 6.53. The molecule has 0 spiro atoms. The molecule has 0 saturated heterocycles. The Morgan fingerprint density at radius 1 is 1.05 bits per heavy atom. The molecule has 2 nitrogen and oxygen atoms in total. The van der Waals surface area contributed by atoms with E-state index in [1.807, 2.05) is 0 Å². The number of carbonyl (C=O) groups excluding carboxylic acids is 1. The zero-order valence-electron chi connectivity index (χ0n) is 12.8. The summed E-state index contributed by atoms with van der Waals surface area (Å²) in [6, 6.07) is 0.396. The molecular weight excluding hydrogens is 234 g/mol. The first-order valence-electron chi connectivity index (χ1n) is 8.24. The van der Waals surface area contributed by atoms with Crippen LogP contribution in [0.15, 0.2) is 0 Å². The Hall–Kier alpha value is -0.530. The van der Waals surface area contributed by atoms with E-state index in [0.29, 0.717) is 23.3 Å². The van der Waals surface area contributed by atoms with Gasteiger partial charge in [-0.15, -0.1) is 0 Å². The fourth-order valence-corrected chi connectivity index (χ4v) is 5.29. The highest BCUT2D eigenvalue weighted by Gasteiger charge is 2.59. The molecule has 0 unspecified atom stereocenters. The summed E-state index contributed by atoms with van der Waals surface area (Å²) in [7, 11) is 0. The van der Waals surface area contributed by atoms with E-state index in [0.717, 1.165) is 18.8 Å². The van der Waals surface area contributed by atoms with Gasteiger partial charge in [-0.2, -0.15) is 0 Å². The van der Waals surface area contributed by atoms with Gasteiger partial charge >= 0.3 is 0 Å². The van der Waals surface area contributed by atoms with Gasteiger partial charge in [0.05, 0.1) is 0 Å². The number of rotatable bonds is 2. The van der Waals surface area contributed by atoms with E-state index >= 15 is 0 Å². The first kappa shape index (κ1) is 13.5. The second-order valence-corrected chi connectivity index (χ2v) is 8.19. The molecule has 19 heavy (non-hydrogen) atoms. The lowest BCUT2D eigenvalue weighted by atomic mass is 9.68. The standard InChI is InChI=1S/C17H29NO/c1-16(2)13-9-10-17(3,11-13)15(16)18-14(19)12-7-5-4-6-8-12/h12-13,15H,4-11H2,1-3H3,(H,18,19)/t13-,15+,17+/m0/s1. The van der Waals surface area contributed by atoms with E-state index in [1.165, 1.54) is 38.5 Å². The van der Waals surface area contributed by atoms with Crippen LogP contribution in [0.3, 0.4) is 0 Å². The number of hydrogen-bond acceptors (Lipinski definition) is 1. The Kier molecular flexibility index (Phi) is 3.18. The van der Waals surface area contributed by atoms with Gasteiger partial charge in [-0.25, -0.2) is 0 Å². The van der Waals surface area contributed by atoms with Crippen LogP contribution in [0.4, 0.5) is 0 Å². The second kappa shape index (κ2) is 4.49. The Bertz CT molecular complexity index is 365. The summed E-state index contributed by atoms with van der Waals surface area (Å²) < 4.78 is 0. The molecule has 0 aromatic rings. The molecule has 3 saturated carbocycles. The van der Waals surface area contributed by atoms with Crippen LogP contribution in [0.1, 0.15) is 72.1 Å². The Balaban J connectivity index is 1.70. The van der Waals surface area contributed by atoms with Crippen molar-refractivity contribution in [3.05, 3.63) is 0 Å². The van der Waals surface area contributed by atoms with Crippen LogP contribution >= 0.6 is 0 Å². The lowest BCUT2D eigenvalue weighted by Gasteiger charge is -2.43. The summed E-state index contributed by atoms with van der Waals surface area (Å²) in [5.74, 6) is 1.47. The van der Waals surface area contributed by atoms with Gasteiger partial charge in [-0.3, -0.25) is 4.79 Å². The van der Waals surface area contributed by atoms with Crippen LogP contribution in [-0.4, -0.2) is 11.9 Å². The minimum absolute atomic E-state index is 0.289. The van der Waals surface area contributed by atoms with Crippen molar-refractivity contribution in [2.75, 3.05) is 0 Å². The second-order valence-electron chi connectivity index (χ2n) is 8.19. The van der Waals surface area contributed by atoms with E-state index in [9.17, 15) is 4.79 Å². The predicted molar refractivity (Wildman–Crippen MR) is 77.7 cm³/mol. The lowest BCUT2D eigenvalue weighted by molar-refractivity contribution is -0.128. The Morgan fingerprint density at radius 3 is 2.32 bits per heavy atom. The van der Waals surface area contributed by atoms with Crippen molar-refractivity contribution in [2.24, 2.45) is 22.7 Å². The Morgan fingerprint density at radius 2 is 1.74 bits per heavy atom. The zero-order chi connectivity index (χ0) is 13.7. The topological polar surface area (TPSA) is 29.1 Å². The summed E-state index contributed by atoms with van der Waals surface area (Å²) in [4.78, 5) is 12.5. The van der Waals surface area contributed by atoms with E-state index < -0.39 is 0 Å². The molecule has 3 aliphatic rings. The van der Waals surface area contributed by atoms with Crippen molar-refractivity contribution >= 4 is 5.91 Å². The van der Waals surface area contributed by atoms with Gasteiger partial charge < -0.3 is 5.32 Å². The highest BCUT2D eigenvalue weighted by molar-refractivity contribution is 5.79. The van der Waals surface area contributed by atoms with Crippen molar-refractivity contribution in [1.29, 1.82) is 0 Å². The summed E-state index contributed by atoms with van der Waals surface area (Å²) >= 11 is 0. The molecule has 3 rings (SSSR count). The van der Waals surface area contributed by atoms with Crippen LogP contribution < -0.4 is 5.32 Å². The SMILES string of the molecule is CC1(C)[C@H]2CC[C@](C)(C2)[C@@H]1NC(=O)C1CCCCC1. The average molecular weight is 263 g/mol. The Labute approximate surface area is 117 Å². The van der Waals surface area contributed by atoms with E-state index in [4.69, 9.17) is 0 Å². The molecule has 3 fully saturated rings. The van der Waals surface area contributed by atoms with Crippen LogP contribution in [0.2, 0.25) is 0 Å². The van der Waals surface area contributed by atoms with Gasteiger partial charge in [-0.05, 0) is 48.9 Å². The maximum Gasteiger partial charge on any atom is 0.223 e. The number of fused-ring (bicyclic) bond motifs is 2. The summed E-state index contributed by atoms with van der Waals surface area (Å²) in [6.45, 7) is 7.13. The molecule has 0 aromatic carbocycles. The molecule has 2 heteroatoms. The summed E-state index contributed by atoms with van der Waals surface area (Å²) in [5.41, 5.74) is 0.649. The molecule has 0 aromatic heterocycles. The first-order valence-corrected chi connectivity index (χ1v) is 8.24. The minimum Gasteiger partial charge on any atom is -0.352 e. The largest absolute Gasteiger partial charge is 0.352 e. The van der Waals surface area contributed by atoms with E-state index in [2.05, 4.69) is 26.1 Å². The quantitative estimate of drug-likeness (QED) is 0.804. The normalized spacial score (nSPS) is 41.4. The molecule has 0 aliphatic heterocycles. The van der Waals surface area contributed by atoms with Crippen molar-refractivity contribution in [3.8, 4) is 0 Å². The highest BCUT2D eigenvalue weighted by atomic mass is 16.2. The van der Waals surface area contributed by atoms with Gasteiger partial charge in [-0.1, -0.05) is 40.0 Å². The van der Waals surface area contributed by atoms with Crippen molar-refractivity contribution in [2.45, 2.75) is 78.2 Å². The predicted octanol–water partition coefficient (Wildman–Crippen LogP) is 3.90. The first-order chi connectivity index (χ1) is 8.93. The highest BCUT2D eigenvalue weighted by Crippen LogP contribution is 2.62. The van der Waals surface area contributed by atoms with Crippen LogP contribution in [0, 0.1) is 22.7 Å². The lowest BCUT2D eigenvalue weighted by Crippen LogP contribution is -2.53. The smallest absolute Gasteiger partial charge is 0.223 e. The molecule has 3 atom stereocenters. The molecule has 1 amide bonds. The average Bonchev–Trinajstić information content (AvgIpc) is 2.87.